The Morgan fingerprint density at radius 1 is 0.426 bits per heavy atom. The fraction of sp³-hybridized carbons (Fsp3) is 0.185. The number of unbranched alkanes of at least 4 members (excludes halogenated alkanes) is 1. The van der Waals surface area contributed by atoms with Crippen LogP contribution in [0.3, 0.4) is 0 Å². The van der Waals surface area contributed by atoms with Crippen molar-refractivity contribution in [2.24, 2.45) is 0 Å². The van der Waals surface area contributed by atoms with Crippen LogP contribution in [0.2, 0.25) is 0 Å². The maximum atomic E-state index is 3.79. The number of aryl methyl sites for hydroxylation is 2. The highest BCUT2D eigenvalue weighted by Crippen LogP contribution is 2.35. The van der Waals surface area contributed by atoms with Crippen LogP contribution in [0.15, 0.2) is 164 Å². The average Bonchev–Trinajstić information content (AvgIpc) is 3.23. The lowest BCUT2D eigenvalue weighted by Crippen LogP contribution is -2.08. The molecule has 0 nitrogen and oxygen atoms in total. The van der Waals surface area contributed by atoms with Gasteiger partial charge in [0.25, 0.3) is 0 Å². The van der Waals surface area contributed by atoms with Crippen LogP contribution >= 0.6 is 0 Å². The van der Waals surface area contributed by atoms with Gasteiger partial charge in [-0.05, 0) is 114 Å². The first kappa shape index (κ1) is 37.8. The molecular formula is C54H52. The highest BCUT2D eigenvalue weighted by Gasteiger charge is 2.19. The number of allylic oxidation sites excluding steroid dienone is 2. The van der Waals surface area contributed by atoms with Gasteiger partial charge in [-0.3, -0.25) is 0 Å². The SMILES string of the molecule is CCCc1c(C#Cc2ccccc2)c(C=CCCc2ccccc2)c(C=CCc2ccccc2)c(C=Cc2ccccc2)c1CCCCc1ccccc1. The minimum atomic E-state index is 0.869. The van der Waals surface area contributed by atoms with Gasteiger partial charge >= 0.3 is 0 Å². The molecule has 0 radical (unpaired) electrons. The molecule has 0 aliphatic heterocycles. The molecule has 0 aliphatic rings. The molecule has 0 spiro atoms. The Morgan fingerprint density at radius 3 is 1.63 bits per heavy atom. The Labute approximate surface area is 324 Å². The first-order chi connectivity index (χ1) is 26.8. The van der Waals surface area contributed by atoms with Crippen LogP contribution < -0.4 is 0 Å². The summed E-state index contributed by atoms with van der Waals surface area (Å²) in [7, 11) is 0. The third kappa shape index (κ3) is 11.3. The second-order valence-electron chi connectivity index (χ2n) is 13.9. The molecule has 0 aliphatic carbocycles. The first-order valence-electron chi connectivity index (χ1n) is 19.7. The maximum Gasteiger partial charge on any atom is 0.0362 e. The zero-order valence-electron chi connectivity index (χ0n) is 31.8. The smallest absolute Gasteiger partial charge is 0.0362 e. The zero-order chi connectivity index (χ0) is 37.0. The van der Waals surface area contributed by atoms with E-state index in [1.165, 1.54) is 55.6 Å². The topological polar surface area (TPSA) is 0 Å². The predicted octanol–water partition coefficient (Wildman–Crippen LogP) is 13.7. The Hall–Kier alpha value is -5.90. The van der Waals surface area contributed by atoms with E-state index in [1.807, 2.05) is 0 Å². The summed E-state index contributed by atoms with van der Waals surface area (Å²) < 4.78 is 0. The standard InChI is InChI=1S/C54H52/c1-2-23-49-50(37-20-18-34-44-24-8-3-9-25-44)54(43-41-48-32-16-7-17-33-48)52(39-22-36-46-28-12-5-13-29-46)51(38-21-19-35-45-26-10-4-11-27-45)53(49)42-40-47-30-14-6-15-31-47/h3-17,21-22,24-33,38-39,41,43H,2,18-20,23,34-37H2,1H3. The monoisotopic (exact) mass is 700 g/mol. The van der Waals surface area contributed by atoms with E-state index in [-0.39, 0.29) is 0 Å². The number of hydrogen-bond acceptors (Lipinski definition) is 0. The average molecular weight is 701 g/mol. The van der Waals surface area contributed by atoms with Crippen LogP contribution in [0.1, 0.15) is 93.8 Å². The molecule has 0 heterocycles. The quantitative estimate of drug-likeness (QED) is 0.0536. The maximum absolute atomic E-state index is 3.79. The molecule has 0 atom stereocenters. The molecular weight excluding hydrogens is 649 g/mol. The molecule has 54 heavy (non-hydrogen) atoms. The van der Waals surface area contributed by atoms with E-state index in [2.05, 4.69) is 207 Å². The van der Waals surface area contributed by atoms with Crippen molar-refractivity contribution in [3.8, 4) is 11.8 Å². The minimum absolute atomic E-state index is 0.869. The Bertz CT molecular complexity index is 2160. The summed E-state index contributed by atoms with van der Waals surface area (Å²) in [6, 6.07) is 53.6. The molecule has 0 saturated heterocycles. The molecule has 6 rings (SSSR count). The third-order valence-electron chi connectivity index (χ3n) is 9.88. The predicted molar refractivity (Wildman–Crippen MR) is 234 cm³/mol. The fourth-order valence-electron chi connectivity index (χ4n) is 7.11. The lowest BCUT2D eigenvalue weighted by atomic mass is 9.82. The van der Waals surface area contributed by atoms with Gasteiger partial charge in [0.15, 0.2) is 0 Å². The zero-order valence-corrected chi connectivity index (χ0v) is 31.8. The second kappa shape index (κ2) is 21.0. The van der Waals surface area contributed by atoms with Gasteiger partial charge in [-0.25, -0.2) is 0 Å². The first-order valence-corrected chi connectivity index (χ1v) is 19.7. The van der Waals surface area contributed by atoms with Gasteiger partial charge in [0.05, 0.1) is 0 Å². The molecule has 0 bridgehead atoms. The lowest BCUT2D eigenvalue weighted by molar-refractivity contribution is 0.726. The second-order valence-corrected chi connectivity index (χ2v) is 13.9. The van der Waals surface area contributed by atoms with Gasteiger partial charge in [0, 0.05) is 11.1 Å². The molecule has 0 unspecified atom stereocenters. The van der Waals surface area contributed by atoms with Crippen molar-refractivity contribution in [2.45, 2.75) is 64.7 Å². The lowest BCUT2D eigenvalue weighted by Gasteiger charge is -2.22. The van der Waals surface area contributed by atoms with Crippen molar-refractivity contribution in [3.63, 3.8) is 0 Å². The van der Waals surface area contributed by atoms with E-state index < -0.39 is 0 Å². The van der Waals surface area contributed by atoms with Crippen LogP contribution in [0.5, 0.6) is 0 Å². The molecule has 0 fully saturated rings. The van der Waals surface area contributed by atoms with Crippen LogP contribution in [0.25, 0.3) is 24.3 Å². The molecule has 0 saturated carbocycles. The Balaban J connectivity index is 1.52. The summed E-state index contributed by atoms with van der Waals surface area (Å²) in [5.41, 5.74) is 14.1. The Morgan fingerprint density at radius 2 is 0.981 bits per heavy atom. The summed E-state index contributed by atoms with van der Waals surface area (Å²) in [5, 5.41) is 0. The number of rotatable bonds is 16. The van der Waals surface area contributed by atoms with E-state index in [0.29, 0.717) is 0 Å². The van der Waals surface area contributed by atoms with Gasteiger partial charge in [-0.1, -0.05) is 201 Å². The molecule has 0 N–H and O–H groups in total. The van der Waals surface area contributed by atoms with Crippen molar-refractivity contribution < 1.29 is 0 Å². The largest absolute Gasteiger partial charge is 0.0835 e. The van der Waals surface area contributed by atoms with Crippen LogP contribution in [-0.2, 0) is 32.1 Å². The highest BCUT2D eigenvalue weighted by atomic mass is 14.2. The van der Waals surface area contributed by atoms with Gasteiger partial charge in [0.1, 0.15) is 0 Å². The van der Waals surface area contributed by atoms with Crippen molar-refractivity contribution in [3.05, 3.63) is 225 Å². The molecule has 6 aromatic rings. The van der Waals surface area contributed by atoms with E-state index in [9.17, 15) is 0 Å². The summed E-state index contributed by atoms with van der Waals surface area (Å²) in [6.07, 6.45) is 23.4. The summed E-state index contributed by atoms with van der Waals surface area (Å²) >= 11 is 0. The summed E-state index contributed by atoms with van der Waals surface area (Å²) in [5.74, 6) is 7.38. The number of hydrogen-bond donors (Lipinski definition) is 0. The summed E-state index contributed by atoms with van der Waals surface area (Å²) in [6.45, 7) is 2.30. The normalized spacial score (nSPS) is 11.4. The van der Waals surface area contributed by atoms with Crippen molar-refractivity contribution in [2.75, 3.05) is 0 Å². The van der Waals surface area contributed by atoms with Crippen molar-refractivity contribution in [1.82, 2.24) is 0 Å². The van der Waals surface area contributed by atoms with E-state index in [1.54, 1.807) is 0 Å². The Kier molecular flexibility index (Phi) is 14.7. The van der Waals surface area contributed by atoms with E-state index in [0.717, 1.165) is 63.4 Å². The number of benzene rings is 6. The fourth-order valence-corrected chi connectivity index (χ4v) is 7.11. The van der Waals surface area contributed by atoms with Gasteiger partial charge in [0.2, 0.25) is 0 Å². The molecule has 0 amide bonds. The van der Waals surface area contributed by atoms with Gasteiger partial charge in [-0.15, -0.1) is 0 Å². The molecule has 6 aromatic carbocycles. The van der Waals surface area contributed by atoms with E-state index >= 15 is 0 Å². The van der Waals surface area contributed by atoms with Crippen LogP contribution in [0, 0.1) is 11.8 Å². The summed E-state index contributed by atoms with van der Waals surface area (Å²) in [4.78, 5) is 0. The van der Waals surface area contributed by atoms with Crippen LogP contribution in [-0.4, -0.2) is 0 Å². The minimum Gasteiger partial charge on any atom is -0.0835 e. The van der Waals surface area contributed by atoms with Crippen LogP contribution in [0.4, 0.5) is 0 Å². The highest BCUT2D eigenvalue weighted by molar-refractivity contribution is 5.85. The van der Waals surface area contributed by atoms with Crippen molar-refractivity contribution >= 4 is 24.3 Å². The van der Waals surface area contributed by atoms with Gasteiger partial charge in [-0.2, -0.15) is 0 Å². The molecule has 0 heteroatoms. The molecule has 268 valence electrons. The van der Waals surface area contributed by atoms with E-state index in [4.69, 9.17) is 0 Å². The van der Waals surface area contributed by atoms with Crippen molar-refractivity contribution in [1.29, 1.82) is 0 Å². The molecule has 0 aromatic heterocycles. The van der Waals surface area contributed by atoms with Gasteiger partial charge < -0.3 is 0 Å². The third-order valence-corrected chi connectivity index (χ3v) is 9.88.